The Hall–Kier alpha value is -2.35. The lowest BCUT2D eigenvalue weighted by Crippen LogP contribution is -2.06. The Morgan fingerprint density at radius 3 is 2.67 bits per heavy atom. The summed E-state index contributed by atoms with van der Waals surface area (Å²) in [5.74, 6) is 2.77. The van der Waals surface area contributed by atoms with E-state index in [1.54, 1.807) is 6.92 Å². The molecule has 1 aromatic heterocycles. The fraction of sp³-hybridized carbons (Fsp3) is 0.100. The van der Waals surface area contributed by atoms with E-state index in [2.05, 4.69) is 16.8 Å². The number of hydrogen-bond acceptors (Lipinski definition) is 3. The first-order chi connectivity index (χ1) is 7.00. The number of nitrogens with zero attached hydrogens (tertiary/aromatic N) is 1. The smallest absolute Gasteiger partial charge is 0.354 e. The molecule has 0 aliphatic heterocycles. The lowest BCUT2D eigenvalue weighted by atomic mass is 10.1. The monoisotopic (exact) mass is 204 g/mol. The van der Waals surface area contributed by atoms with Gasteiger partial charge < -0.3 is 10.8 Å². The van der Waals surface area contributed by atoms with E-state index in [-0.39, 0.29) is 5.69 Å². The van der Waals surface area contributed by atoms with Crippen molar-refractivity contribution in [1.82, 2.24) is 4.98 Å². The normalized spacial score (nSPS) is 8.87. The van der Waals surface area contributed by atoms with Crippen molar-refractivity contribution >= 4 is 11.9 Å². The van der Waals surface area contributed by atoms with Gasteiger partial charge >= 0.3 is 5.97 Å². The molecule has 0 bridgehead atoms. The van der Waals surface area contributed by atoms with Gasteiger partial charge in [0.2, 0.25) is 0 Å². The third-order valence-corrected chi connectivity index (χ3v) is 1.61. The Bertz CT molecular complexity index is 483. The van der Waals surface area contributed by atoms with Crippen LogP contribution in [0.25, 0.3) is 0 Å². The maximum Gasteiger partial charge on any atom is 0.354 e. The molecule has 5 heteroatoms. The van der Waals surface area contributed by atoms with E-state index >= 15 is 0 Å². The maximum absolute atomic E-state index is 10.6. The van der Waals surface area contributed by atoms with E-state index in [1.807, 2.05) is 0 Å². The predicted octanol–water partition coefficient (Wildman–Crippen LogP) is -0.0750. The highest BCUT2D eigenvalue weighted by Gasteiger charge is 2.07. The number of rotatable bonds is 1. The molecule has 1 rings (SSSR count). The number of aryl methyl sites for hydroxylation is 1. The van der Waals surface area contributed by atoms with Crippen molar-refractivity contribution in [2.75, 3.05) is 0 Å². The molecule has 0 spiro atoms. The zero-order valence-electron chi connectivity index (χ0n) is 7.94. The molecule has 0 saturated heterocycles. The molecule has 1 amide bonds. The molecular weight excluding hydrogens is 196 g/mol. The second kappa shape index (κ2) is 4.24. The predicted molar refractivity (Wildman–Crippen MR) is 52.0 cm³/mol. The Morgan fingerprint density at radius 2 is 2.20 bits per heavy atom. The highest BCUT2D eigenvalue weighted by molar-refractivity contribution is 5.92. The van der Waals surface area contributed by atoms with E-state index < -0.39 is 11.9 Å². The summed E-state index contributed by atoms with van der Waals surface area (Å²) in [4.78, 5) is 24.7. The minimum atomic E-state index is -1.10. The third-order valence-electron chi connectivity index (χ3n) is 1.61. The standard InChI is InChI=1S/C10H8N2O3/c1-6-4-7(2-3-8(11)13)5-12-9(6)10(14)15/h4-5H,1H3,(H2,11,13)(H,14,15). The van der Waals surface area contributed by atoms with Gasteiger partial charge in [-0.25, -0.2) is 9.78 Å². The van der Waals surface area contributed by atoms with E-state index in [1.165, 1.54) is 12.3 Å². The van der Waals surface area contributed by atoms with Gasteiger partial charge in [0.05, 0.1) is 0 Å². The summed E-state index contributed by atoms with van der Waals surface area (Å²) in [6.07, 6.45) is 1.28. The van der Waals surface area contributed by atoms with Crippen LogP contribution in [0.15, 0.2) is 12.3 Å². The van der Waals surface area contributed by atoms with Gasteiger partial charge in [0.1, 0.15) is 0 Å². The number of nitrogens with two attached hydrogens (primary N) is 1. The van der Waals surface area contributed by atoms with Crippen LogP contribution in [0.5, 0.6) is 0 Å². The molecule has 5 nitrogen and oxygen atoms in total. The SMILES string of the molecule is Cc1cc(C#CC(N)=O)cnc1C(=O)O. The molecule has 0 fully saturated rings. The number of primary amides is 1. The first kappa shape index (κ1) is 10.7. The van der Waals surface area contributed by atoms with Crippen LogP contribution >= 0.6 is 0 Å². The second-order valence-electron chi connectivity index (χ2n) is 2.81. The van der Waals surface area contributed by atoms with Crippen molar-refractivity contribution in [2.24, 2.45) is 5.73 Å². The summed E-state index contributed by atoms with van der Waals surface area (Å²) < 4.78 is 0. The van der Waals surface area contributed by atoms with E-state index in [0.29, 0.717) is 11.1 Å². The van der Waals surface area contributed by atoms with Gasteiger partial charge in [-0.2, -0.15) is 0 Å². The minimum Gasteiger partial charge on any atom is -0.477 e. The van der Waals surface area contributed by atoms with Crippen molar-refractivity contribution < 1.29 is 14.7 Å². The van der Waals surface area contributed by atoms with Crippen LogP contribution in [0.1, 0.15) is 21.6 Å². The van der Waals surface area contributed by atoms with Gasteiger partial charge in [-0.3, -0.25) is 4.79 Å². The summed E-state index contributed by atoms with van der Waals surface area (Å²) in [5, 5.41) is 8.70. The largest absolute Gasteiger partial charge is 0.477 e. The van der Waals surface area contributed by atoms with E-state index in [9.17, 15) is 9.59 Å². The molecule has 0 saturated carbocycles. The molecule has 3 N–H and O–H groups in total. The molecule has 0 aliphatic rings. The zero-order valence-corrected chi connectivity index (χ0v) is 7.94. The Balaban J connectivity index is 3.09. The van der Waals surface area contributed by atoms with Crippen LogP contribution < -0.4 is 5.73 Å². The molecular formula is C10H8N2O3. The Morgan fingerprint density at radius 1 is 1.53 bits per heavy atom. The van der Waals surface area contributed by atoms with Gasteiger partial charge in [-0.1, -0.05) is 5.92 Å². The molecule has 1 heterocycles. The average molecular weight is 204 g/mol. The number of carbonyl (C=O) groups excluding carboxylic acids is 1. The Labute approximate surface area is 85.9 Å². The van der Waals surface area contributed by atoms with Crippen LogP contribution in [0.3, 0.4) is 0 Å². The number of carboxylic acid groups (broad SMARTS) is 1. The molecule has 0 aromatic carbocycles. The second-order valence-corrected chi connectivity index (χ2v) is 2.81. The minimum absolute atomic E-state index is 0.0281. The molecule has 1 aromatic rings. The van der Waals surface area contributed by atoms with E-state index in [4.69, 9.17) is 10.8 Å². The van der Waals surface area contributed by atoms with Crippen LogP contribution in [0, 0.1) is 18.8 Å². The quantitative estimate of drug-likeness (QED) is 0.626. The van der Waals surface area contributed by atoms with Gasteiger partial charge in [0, 0.05) is 17.7 Å². The number of aromatic carboxylic acids is 1. The molecule has 15 heavy (non-hydrogen) atoms. The number of carboxylic acids is 1. The molecule has 0 atom stereocenters. The number of carbonyl (C=O) groups is 2. The fourth-order valence-corrected chi connectivity index (χ4v) is 1.00. The van der Waals surface area contributed by atoms with Crippen LogP contribution in [0.2, 0.25) is 0 Å². The molecule has 0 unspecified atom stereocenters. The van der Waals surface area contributed by atoms with Crippen molar-refractivity contribution in [3.8, 4) is 11.8 Å². The number of aromatic nitrogens is 1. The fourth-order valence-electron chi connectivity index (χ4n) is 1.00. The third kappa shape index (κ3) is 2.81. The lowest BCUT2D eigenvalue weighted by Gasteiger charge is -1.98. The average Bonchev–Trinajstić information content (AvgIpc) is 2.14. The van der Waals surface area contributed by atoms with Gasteiger partial charge in [-0.15, -0.1) is 0 Å². The summed E-state index contributed by atoms with van der Waals surface area (Å²) in [6.45, 7) is 1.60. The zero-order chi connectivity index (χ0) is 11.4. The highest BCUT2D eigenvalue weighted by atomic mass is 16.4. The summed E-state index contributed by atoms with van der Waals surface area (Å²) in [6, 6.07) is 1.53. The highest BCUT2D eigenvalue weighted by Crippen LogP contribution is 2.06. The first-order valence-corrected chi connectivity index (χ1v) is 4.02. The van der Waals surface area contributed by atoms with Gasteiger partial charge in [-0.05, 0) is 18.6 Å². The summed E-state index contributed by atoms with van der Waals surface area (Å²) >= 11 is 0. The van der Waals surface area contributed by atoms with Crippen molar-refractivity contribution in [3.63, 3.8) is 0 Å². The van der Waals surface area contributed by atoms with Crippen molar-refractivity contribution in [3.05, 3.63) is 29.1 Å². The summed E-state index contributed by atoms with van der Waals surface area (Å²) in [5.41, 5.74) is 5.74. The summed E-state index contributed by atoms with van der Waals surface area (Å²) in [7, 11) is 0. The Kier molecular flexibility index (Phi) is 3.03. The number of pyridine rings is 1. The van der Waals surface area contributed by atoms with Gasteiger partial charge in [0.25, 0.3) is 5.91 Å². The molecule has 76 valence electrons. The van der Waals surface area contributed by atoms with Crippen molar-refractivity contribution in [2.45, 2.75) is 6.92 Å². The lowest BCUT2D eigenvalue weighted by molar-refractivity contribution is -0.112. The van der Waals surface area contributed by atoms with E-state index in [0.717, 1.165) is 0 Å². The van der Waals surface area contributed by atoms with Crippen LogP contribution in [0.4, 0.5) is 0 Å². The topological polar surface area (TPSA) is 93.3 Å². The number of amides is 1. The number of hydrogen-bond donors (Lipinski definition) is 2. The molecule has 0 radical (unpaired) electrons. The van der Waals surface area contributed by atoms with Crippen LogP contribution in [-0.2, 0) is 4.79 Å². The molecule has 0 aliphatic carbocycles. The van der Waals surface area contributed by atoms with Gasteiger partial charge in [0.15, 0.2) is 5.69 Å². The van der Waals surface area contributed by atoms with Crippen molar-refractivity contribution in [1.29, 1.82) is 0 Å². The maximum atomic E-state index is 10.6. The van der Waals surface area contributed by atoms with Crippen LogP contribution in [-0.4, -0.2) is 22.0 Å². The first-order valence-electron chi connectivity index (χ1n) is 4.02.